The van der Waals surface area contributed by atoms with Crippen molar-refractivity contribution in [2.24, 2.45) is 0 Å². The first-order chi connectivity index (χ1) is 17.5. The zero-order chi connectivity index (χ0) is 25.1. The van der Waals surface area contributed by atoms with Gasteiger partial charge in [0.1, 0.15) is 0 Å². The molecule has 1 atom stereocenters. The van der Waals surface area contributed by atoms with Gasteiger partial charge in [0.15, 0.2) is 18.1 Å². The molecule has 0 spiro atoms. The molecular formula is C29H25BrN2O4. The lowest BCUT2D eigenvalue weighted by atomic mass is 9.82. The molecule has 1 aliphatic rings. The average Bonchev–Trinajstić information content (AvgIpc) is 2.88. The molecule has 0 radical (unpaired) electrons. The molecule has 0 aromatic heterocycles. The van der Waals surface area contributed by atoms with Crippen LogP contribution >= 0.6 is 15.9 Å². The summed E-state index contributed by atoms with van der Waals surface area (Å²) in [7, 11) is 0. The largest absolute Gasteiger partial charge is 0.490 e. The zero-order valence-electron chi connectivity index (χ0n) is 19.7. The molecule has 0 unspecified atom stereocenters. The average molecular weight is 545 g/mol. The van der Waals surface area contributed by atoms with Crippen molar-refractivity contribution in [2.75, 3.05) is 23.8 Å². The fourth-order valence-electron chi connectivity index (χ4n) is 4.60. The molecule has 182 valence electrons. The monoisotopic (exact) mass is 544 g/mol. The molecule has 1 heterocycles. The van der Waals surface area contributed by atoms with Gasteiger partial charge in [0.25, 0.3) is 5.91 Å². The van der Waals surface area contributed by atoms with Crippen LogP contribution < -0.4 is 20.1 Å². The minimum Gasteiger partial charge on any atom is -0.490 e. The van der Waals surface area contributed by atoms with Crippen molar-refractivity contribution < 1.29 is 19.1 Å². The van der Waals surface area contributed by atoms with E-state index in [1.807, 2.05) is 73.7 Å². The number of amides is 2. The Kier molecular flexibility index (Phi) is 6.91. The lowest BCUT2D eigenvalue weighted by molar-refractivity contribution is -0.118. The van der Waals surface area contributed by atoms with Crippen molar-refractivity contribution in [3.8, 4) is 11.5 Å². The third-order valence-corrected chi connectivity index (χ3v) is 6.82. The molecule has 0 bridgehead atoms. The van der Waals surface area contributed by atoms with E-state index in [9.17, 15) is 9.59 Å². The number of halogens is 1. The number of rotatable bonds is 7. The predicted molar refractivity (Wildman–Crippen MR) is 145 cm³/mol. The molecule has 36 heavy (non-hydrogen) atoms. The number of hydrogen-bond donors (Lipinski definition) is 2. The number of para-hydroxylation sites is 1. The van der Waals surface area contributed by atoms with Crippen molar-refractivity contribution in [1.82, 2.24) is 0 Å². The van der Waals surface area contributed by atoms with Gasteiger partial charge in [-0.25, -0.2) is 0 Å². The van der Waals surface area contributed by atoms with Crippen LogP contribution in [0.1, 0.15) is 30.4 Å². The standard InChI is InChI=1S/C29H25BrN2O4/c1-2-35-25-14-21(23(30)16-26(25)36-17-28(34)31-19-9-4-3-5-10-19)22-15-27(33)32-24-13-12-18-8-6-7-11-20(18)29(22)24/h3-14,16,22H,2,15,17H2,1H3,(H,31,34)(H,32,33)/t22-/m0/s1. The molecule has 6 nitrogen and oxygen atoms in total. The van der Waals surface area contributed by atoms with Gasteiger partial charge < -0.3 is 20.1 Å². The Bertz CT molecular complexity index is 1440. The van der Waals surface area contributed by atoms with Crippen molar-refractivity contribution in [1.29, 1.82) is 0 Å². The van der Waals surface area contributed by atoms with E-state index < -0.39 is 0 Å². The maximum absolute atomic E-state index is 12.6. The number of carbonyl (C=O) groups is 2. The van der Waals surface area contributed by atoms with Gasteiger partial charge in [0, 0.05) is 28.2 Å². The van der Waals surface area contributed by atoms with E-state index in [4.69, 9.17) is 9.47 Å². The molecule has 0 saturated carbocycles. The summed E-state index contributed by atoms with van der Waals surface area (Å²) in [6.45, 7) is 2.16. The Balaban J connectivity index is 1.47. The highest BCUT2D eigenvalue weighted by atomic mass is 79.9. The molecule has 2 N–H and O–H groups in total. The highest BCUT2D eigenvalue weighted by molar-refractivity contribution is 9.10. The number of hydrogen-bond acceptors (Lipinski definition) is 4. The quantitative estimate of drug-likeness (QED) is 0.278. The number of nitrogens with one attached hydrogen (secondary N) is 2. The molecule has 7 heteroatoms. The lowest BCUT2D eigenvalue weighted by Gasteiger charge is -2.29. The van der Waals surface area contributed by atoms with Crippen molar-refractivity contribution in [2.45, 2.75) is 19.3 Å². The van der Waals surface area contributed by atoms with Crippen LogP contribution in [-0.2, 0) is 9.59 Å². The number of benzene rings is 4. The maximum atomic E-state index is 12.6. The molecule has 0 saturated heterocycles. The number of ether oxygens (including phenoxy) is 2. The van der Waals surface area contributed by atoms with E-state index in [1.54, 1.807) is 0 Å². The van der Waals surface area contributed by atoms with Crippen LogP contribution in [0.3, 0.4) is 0 Å². The fourth-order valence-corrected chi connectivity index (χ4v) is 5.19. The van der Waals surface area contributed by atoms with Crippen LogP contribution in [0.15, 0.2) is 83.3 Å². The van der Waals surface area contributed by atoms with Crippen LogP contribution in [0.2, 0.25) is 0 Å². The Morgan fingerprint density at radius 2 is 1.75 bits per heavy atom. The van der Waals surface area contributed by atoms with Gasteiger partial charge in [0.2, 0.25) is 5.91 Å². The molecule has 0 aliphatic carbocycles. The third-order valence-electron chi connectivity index (χ3n) is 6.14. The highest BCUT2D eigenvalue weighted by Crippen LogP contribution is 2.46. The summed E-state index contributed by atoms with van der Waals surface area (Å²) in [5.41, 5.74) is 3.52. The molecule has 4 aromatic carbocycles. The van der Waals surface area contributed by atoms with E-state index in [1.165, 1.54) is 0 Å². The number of anilines is 2. The van der Waals surface area contributed by atoms with E-state index in [2.05, 4.69) is 38.7 Å². The third kappa shape index (κ3) is 4.93. The van der Waals surface area contributed by atoms with E-state index in [0.717, 1.165) is 32.1 Å². The van der Waals surface area contributed by atoms with Crippen LogP contribution in [0.25, 0.3) is 10.8 Å². The highest BCUT2D eigenvalue weighted by Gasteiger charge is 2.30. The normalized spacial score (nSPS) is 14.6. The van der Waals surface area contributed by atoms with Gasteiger partial charge in [-0.05, 0) is 59.2 Å². The molecule has 2 amide bonds. The van der Waals surface area contributed by atoms with Gasteiger partial charge in [0.05, 0.1) is 6.61 Å². The van der Waals surface area contributed by atoms with Gasteiger partial charge in [-0.15, -0.1) is 0 Å². The second-order valence-corrected chi connectivity index (χ2v) is 9.36. The van der Waals surface area contributed by atoms with Gasteiger partial charge in [-0.2, -0.15) is 0 Å². The van der Waals surface area contributed by atoms with Crippen LogP contribution in [0.4, 0.5) is 11.4 Å². The summed E-state index contributed by atoms with van der Waals surface area (Å²) in [5.74, 6) is 0.493. The first-order valence-electron chi connectivity index (χ1n) is 11.8. The summed E-state index contributed by atoms with van der Waals surface area (Å²) in [6, 6.07) is 25.1. The first kappa shape index (κ1) is 23.9. The predicted octanol–water partition coefficient (Wildman–Crippen LogP) is 6.49. The number of fused-ring (bicyclic) bond motifs is 3. The first-order valence-corrected chi connectivity index (χ1v) is 12.6. The topological polar surface area (TPSA) is 76.7 Å². The Morgan fingerprint density at radius 3 is 2.56 bits per heavy atom. The summed E-state index contributed by atoms with van der Waals surface area (Å²) >= 11 is 3.70. The number of carbonyl (C=O) groups excluding carboxylic acids is 2. The Morgan fingerprint density at radius 1 is 1.00 bits per heavy atom. The molecule has 0 fully saturated rings. The Labute approximate surface area is 217 Å². The summed E-state index contributed by atoms with van der Waals surface area (Å²) < 4.78 is 12.5. The second-order valence-electron chi connectivity index (χ2n) is 8.51. The lowest BCUT2D eigenvalue weighted by Crippen LogP contribution is -2.24. The molecule has 5 rings (SSSR count). The molecule has 4 aromatic rings. The van der Waals surface area contributed by atoms with Crippen molar-refractivity contribution in [3.05, 3.63) is 94.5 Å². The van der Waals surface area contributed by atoms with Crippen LogP contribution in [0.5, 0.6) is 11.5 Å². The minimum atomic E-state index is -0.270. The van der Waals surface area contributed by atoms with Gasteiger partial charge >= 0.3 is 0 Å². The van der Waals surface area contributed by atoms with E-state index >= 15 is 0 Å². The molecule has 1 aliphatic heterocycles. The minimum absolute atomic E-state index is 0.0365. The Hall–Kier alpha value is -3.84. The maximum Gasteiger partial charge on any atom is 0.262 e. The smallest absolute Gasteiger partial charge is 0.262 e. The summed E-state index contributed by atoms with van der Waals surface area (Å²) in [6.07, 6.45) is 0.310. The summed E-state index contributed by atoms with van der Waals surface area (Å²) in [5, 5.41) is 8.05. The van der Waals surface area contributed by atoms with Crippen molar-refractivity contribution >= 4 is 49.9 Å². The van der Waals surface area contributed by atoms with Crippen LogP contribution in [0, 0.1) is 0 Å². The fraction of sp³-hybridized carbons (Fsp3) is 0.172. The SMILES string of the molecule is CCOc1cc([C@@H]2CC(=O)Nc3ccc4ccccc4c32)c(Br)cc1OCC(=O)Nc1ccccc1. The van der Waals surface area contributed by atoms with E-state index in [-0.39, 0.29) is 24.3 Å². The molecular weight excluding hydrogens is 520 g/mol. The van der Waals surface area contributed by atoms with Crippen molar-refractivity contribution in [3.63, 3.8) is 0 Å². The van der Waals surface area contributed by atoms with E-state index in [0.29, 0.717) is 30.2 Å². The zero-order valence-corrected chi connectivity index (χ0v) is 21.3. The summed E-state index contributed by atoms with van der Waals surface area (Å²) in [4.78, 5) is 25.1. The van der Waals surface area contributed by atoms with Crippen LogP contribution in [-0.4, -0.2) is 25.0 Å². The van der Waals surface area contributed by atoms with Gasteiger partial charge in [-0.1, -0.05) is 64.5 Å². The second kappa shape index (κ2) is 10.4. The van der Waals surface area contributed by atoms with Gasteiger partial charge in [-0.3, -0.25) is 9.59 Å².